The summed E-state index contributed by atoms with van der Waals surface area (Å²) in [7, 11) is 3.09. The number of methoxy groups -OCH3 is 2. The van der Waals surface area contributed by atoms with Crippen molar-refractivity contribution in [2.45, 2.75) is 32.6 Å². The molecule has 0 aromatic heterocycles. The molecule has 3 rings (SSSR count). The van der Waals surface area contributed by atoms with Crippen molar-refractivity contribution in [2.24, 2.45) is 11.8 Å². The molecule has 1 aliphatic heterocycles. The van der Waals surface area contributed by atoms with Gasteiger partial charge < -0.3 is 24.0 Å². The van der Waals surface area contributed by atoms with Gasteiger partial charge in [-0.2, -0.15) is 0 Å². The van der Waals surface area contributed by atoms with Crippen LogP contribution in [0.5, 0.6) is 11.5 Å². The molecule has 1 unspecified atom stereocenters. The molecule has 1 aromatic carbocycles. The number of esters is 1. The maximum Gasteiger partial charge on any atom is 0.307 e. The van der Waals surface area contributed by atoms with Crippen LogP contribution in [0, 0.1) is 11.8 Å². The van der Waals surface area contributed by atoms with Gasteiger partial charge in [-0.25, -0.2) is 0 Å². The minimum atomic E-state index is -0.424. The Morgan fingerprint density at radius 2 is 1.90 bits per heavy atom. The molecule has 30 heavy (non-hydrogen) atoms. The molecule has 1 heterocycles. The summed E-state index contributed by atoms with van der Waals surface area (Å²) in [5.74, 6) is 0.708. The van der Waals surface area contributed by atoms with Crippen molar-refractivity contribution >= 4 is 23.5 Å². The molecule has 8 nitrogen and oxygen atoms in total. The van der Waals surface area contributed by atoms with Gasteiger partial charge >= 0.3 is 5.97 Å². The zero-order valence-corrected chi connectivity index (χ0v) is 17.9. The van der Waals surface area contributed by atoms with Crippen molar-refractivity contribution in [3.05, 3.63) is 18.2 Å². The van der Waals surface area contributed by atoms with Crippen LogP contribution in [0.3, 0.4) is 0 Å². The van der Waals surface area contributed by atoms with Gasteiger partial charge in [0.15, 0.2) is 11.5 Å². The first-order chi connectivity index (χ1) is 14.5. The number of hydrogen-bond donors (Lipinski definition) is 0. The molecule has 2 amide bonds. The fraction of sp³-hybridized carbons (Fsp3) is 0.591. The third-order valence-electron chi connectivity index (χ3n) is 5.53. The van der Waals surface area contributed by atoms with E-state index in [-0.39, 0.29) is 30.6 Å². The Kier molecular flexibility index (Phi) is 7.18. The molecule has 164 valence electrons. The van der Waals surface area contributed by atoms with Crippen LogP contribution >= 0.6 is 0 Å². The number of anilines is 1. The summed E-state index contributed by atoms with van der Waals surface area (Å²) < 4.78 is 15.6. The van der Waals surface area contributed by atoms with E-state index in [0.29, 0.717) is 49.3 Å². The molecule has 0 N–H and O–H groups in total. The average molecular weight is 418 g/mol. The van der Waals surface area contributed by atoms with Crippen LogP contribution in [0.25, 0.3) is 0 Å². The van der Waals surface area contributed by atoms with E-state index in [9.17, 15) is 14.4 Å². The molecular weight excluding hydrogens is 388 g/mol. The number of nitrogens with zero attached hydrogens (tertiary/aromatic N) is 2. The fourth-order valence-electron chi connectivity index (χ4n) is 3.74. The molecule has 2 fully saturated rings. The monoisotopic (exact) mass is 418 g/mol. The van der Waals surface area contributed by atoms with Gasteiger partial charge in [0.05, 0.1) is 33.2 Å². The van der Waals surface area contributed by atoms with Crippen LogP contribution in [0.4, 0.5) is 5.69 Å². The summed E-state index contributed by atoms with van der Waals surface area (Å²) in [6.45, 7) is 3.37. The quantitative estimate of drug-likeness (QED) is 0.542. The molecular formula is C22H30N2O6. The van der Waals surface area contributed by atoms with Crippen LogP contribution in [0.15, 0.2) is 18.2 Å². The minimum absolute atomic E-state index is 0.0671. The molecule has 0 spiro atoms. The first-order valence-electron chi connectivity index (χ1n) is 10.4. The maximum atomic E-state index is 13.2. The molecule has 8 heteroatoms. The van der Waals surface area contributed by atoms with E-state index in [1.54, 1.807) is 49.1 Å². The molecule has 0 bridgehead atoms. The Hall–Kier alpha value is -2.77. The van der Waals surface area contributed by atoms with Crippen LogP contribution in [-0.2, 0) is 19.1 Å². The Labute approximate surface area is 177 Å². The predicted molar refractivity (Wildman–Crippen MR) is 111 cm³/mol. The van der Waals surface area contributed by atoms with Crippen molar-refractivity contribution in [2.75, 3.05) is 45.4 Å². The van der Waals surface area contributed by atoms with Crippen LogP contribution in [0.1, 0.15) is 32.6 Å². The summed E-state index contributed by atoms with van der Waals surface area (Å²) in [6.07, 6.45) is 2.54. The lowest BCUT2D eigenvalue weighted by molar-refractivity contribution is -0.144. The lowest BCUT2D eigenvalue weighted by Gasteiger charge is -2.25. The molecule has 1 saturated carbocycles. The summed E-state index contributed by atoms with van der Waals surface area (Å²) in [5.41, 5.74) is 0.674. The standard InChI is InChI=1S/C22H30N2O6/c1-4-30-21(26)9-10-23(13-15-5-6-15)22(27)16-11-20(25)24(14-16)17-7-8-18(28-2)19(12-17)29-3/h7-8,12,15-16H,4-6,9-11,13-14H2,1-3H3. The lowest BCUT2D eigenvalue weighted by atomic mass is 10.1. The van der Waals surface area contributed by atoms with E-state index in [4.69, 9.17) is 14.2 Å². The SMILES string of the molecule is CCOC(=O)CCN(CC1CC1)C(=O)C1CC(=O)N(c2ccc(OC)c(OC)c2)C1. The van der Waals surface area contributed by atoms with Crippen molar-refractivity contribution in [3.63, 3.8) is 0 Å². The Morgan fingerprint density at radius 3 is 2.53 bits per heavy atom. The number of hydrogen-bond acceptors (Lipinski definition) is 6. The van der Waals surface area contributed by atoms with Gasteiger partial charge in [-0.05, 0) is 37.8 Å². The Balaban J connectivity index is 1.68. The van der Waals surface area contributed by atoms with Gasteiger partial charge in [0.25, 0.3) is 0 Å². The highest BCUT2D eigenvalue weighted by atomic mass is 16.5. The largest absolute Gasteiger partial charge is 0.493 e. The maximum absolute atomic E-state index is 13.2. The van der Waals surface area contributed by atoms with Crippen molar-refractivity contribution in [1.82, 2.24) is 4.90 Å². The number of ether oxygens (including phenoxy) is 3. The summed E-state index contributed by atoms with van der Waals surface area (Å²) in [4.78, 5) is 40.9. The third-order valence-corrected chi connectivity index (χ3v) is 5.53. The molecule has 2 aliphatic rings. The highest BCUT2D eigenvalue weighted by Crippen LogP contribution is 2.35. The van der Waals surface area contributed by atoms with Gasteiger partial charge in [0.1, 0.15) is 0 Å². The van der Waals surface area contributed by atoms with Crippen LogP contribution in [-0.4, -0.2) is 63.1 Å². The van der Waals surface area contributed by atoms with Crippen LogP contribution in [0.2, 0.25) is 0 Å². The van der Waals surface area contributed by atoms with E-state index < -0.39 is 5.92 Å². The average Bonchev–Trinajstić information content (AvgIpc) is 3.49. The number of carbonyl (C=O) groups is 3. The Bertz CT molecular complexity index is 792. The second-order valence-electron chi connectivity index (χ2n) is 7.73. The summed E-state index contributed by atoms with van der Waals surface area (Å²) in [5, 5.41) is 0. The first kappa shape index (κ1) is 21.9. The van der Waals surface area contributed by atoms with Crippen molar-refractivity contribution < 1.29 is 28.6 Å². The van der Waals surface area contributed by atoms with E-state index in [1.165, 1.54) is 0 Å². The highest BCUT2D eigenvalue weighted by Gasteiger charge is 2.38. The van der Waals surface area contributed by atoms with Crippen molar-refractivity contribution in [3.8, 4) is 11.5 Å². The molecule has 1 aliphatic carbocycles. The molecule has 1 saturated heterocycles. The number of rotatable bonds is 10. The topological polar surface area (TPSA) is 85.4 Å². The van der Waals surface area contributed by atoms with E-state index in [2.05, 4.69) is 0 Å². The highest BCUT2D eigenvalue weighted by molar-refractivity contribution is 6.00. The summed E-state index contributed by atoms with van der Waals surface area (Å²) in [6, 6.07) is 5.27. The Morgan fingerprint density at radius 1 is 1.17 bits per heavy atom. The van der Waals surface area contributed by atoms with E-state index in [0.717, 1.165) is 12.8 Å². The second kappa shape index (κ2) is 9.82. The number of amides is 2. The normalized spacial score (nSPS) is 18.3. The van der Waals surface area contributed by atoms with Crippen LogP contribution < -0.4 is 14.4 Å². The molecule has 0 radical (unpaired) electrons. The summed E-state index contributed by atoms with van der Waals surface area (Å²) >= 11 is 0. The molecule has 1 atom stereocenters. The van der Waals surface area contributed by atoms with Gasteiger partial charge in [-0.3, -0.25) is 14.4 Å². The smallest absolute Gasteiger partial charge is 0.307 e. The van der Waals surface area contributed by atoms with Crippen molar-refractivity contribution in [1.29, 1.82) is 0 Å². The van der Waals surface area contributed by atoms with Gasteiger partial charge in [0, 0.05) is 37.8 Å². The van der Waals surface area contributed by atoms with E-state index in [1.807, 2.05) is 0 Å². The van der Waals surface area contributed by atoms with Gasteiger partial charge in [-0.15, -0.1) is 0 Å². The van der Waals surface area contributed by atoms with Gasteiger partial charge in [-0.1, -0.05) is 0 Å². The second-order valence-corrected chi connectivity index (χ2v) is 7.73. The number of carbonyl (C=O) groups excluding carboxylic acids is 3. The number of benzene rings is 1. The first-order valence-corrected chi connectivity index (χ1v) is 10.4. The van der Waals surface area contributed by atoms with E-state index >= 15 is 0 Å². The zero-order valence-electron chi connectivity index (χ0n) is 17.9. The minimum Gasteiger partial charge on any atom is -0.493 e. The fourth-order valence-corrected chi connectivity index (χ4v) is 3.74. The van der Waals surface area contributed by atoms with Gasteiger partial charge in [0.2, 0.25) is 11.8 Å². The predicted octanol–water partition coefficient (Wildman–Crippen LogP) is 2.25. The lowest BCUT2D eigenvalue weighted by Crippen LogP contribution is -2.40. The zero-order chi connectivity index (χ0) is 21.7. The molecule has 1 aromatic rings. The third kappa shape index (κ3) is 5.23.